The predicted molar refractivity (Wildman–Crippen MR) is 108 cm³/mol. The van der Waals surface area contributed by atoms with E-state index >= 15 is 0 Å². The molecule has 1 aliphatic heterocycles. The number of pyridine rings is 1. The minimum Gasteiger partial charge on any atom is -0.382 e. The molecule has 0 atom stereocenters. The van der Waals surface area contributed by atoms with Gasteiger partial charge in [-0.15, -0.1) is 12.4 Å². The Kier molecular flexibility index (Phi) is 7.46. The van der Waals surface area contributed by atoms with Crippen LogP contribution in [0.4, 0.5) is 11.5 Å². The van der Waals surface area contributed by atoms with Crippen LogP contribution in [0.25, 0.3) is 0 Å². The number of nitrogens with two attached hydrogens (primary N) is 1. The van der Waals surface area contributed by atoms with Crippen molar-refractivity contribution in [1.29, 1.82) is 0 Å². The second-order valence-electron chi connectivity index (χ2n) is 6.71. The van der Waals surface area contributed by atoms with E-state index in [0.717, 1.165) is 57.3 Å². The molecule has 1 aromatic heterocycles. The number of anilines is 1. The Morgan fingerprint density at radius 1 is 1.25 bits per heavy atom. The van der Waals surface area contributed by atoms with Gasteiger partial charge in [0, 0.05) is 23.8 Å². The standard InChI is InChI=1S/C18H28N4O.ClH.3H2/c1-23-15-4-2-13(3-5-15)12-22-17-16(8-11-21-18(17)19)14-6-9-20-10-7-14;;;;/h8,11-15,20H,2-7,9-10H2,1H3,(H2,19,21);4*1H. The van der Waals surface area contributed by atoms with Crippen LogP contribution < -0.4 is 11.1 Å². The van der Waals surface area contributed by atoms with Crippen LogP contribution in [0.5, 0.6) is 0 Å². The lowest BCUT2D eigenvalue weighted by Crippen LogP contribution is -2.26. The minimum atomic E-state index is 0. The largest absolute Gasteiger partial charge is 0.382 e. The zero-order valence-electron chi connectivity index (χ0n) is 14.4. The van der Waals surface area contributed by atoms with Gasteiger partial charge in [-0.2, -0.15) is 0 Å². The number of aromatic nitrogens is 1. The number of hydrogen-bond acceptors (Lipinski definition) is 5. The summed E-state index contributed by atoms with van der Waals surface area (Å²) in [5, 5.41) is 3.41. The molecule has 6 heteroatoms. The van der Waals surface area contributed by atoms with Crippen molar-refractivity contribution in [2.24, 2.45) is 10.9 Å². The van der Waals surface area contributed by atoms with Crippen LogP contribution in [-0.2, 0) is 4.74 Å². The lowest BCUT2D eigenvalue weighted by atomic mass is 9.88. The van der Waals surface area contributed by atoms with Gasteiger partial charge in [0.2, 0.25) is 0 Å². The van der Waals surface area contributed by atoms with Crippen molar-refractivity contribution in [2.45, 2.75) is 50.5 Å². The molecule has 0 spiro atoms. The summed E-state index contributed by atoms with van der Waals surface area (Å²) in [6.07, 6.45) is 11.2. The van der Waals surface area contributed by atoms with Crippen molar-refractivity contribution in [3.05, 3.63) is 17.8 Å². The van der Waals surface area contributed by atoms with Gasteiger partial charge in [0.15, 0.2) is 0 Å². The van der Waals surface area contributed by atoms with Gasteiger partial charge in [0.1, 0.15) is 11.5 Å². The quantitative estimate of drug-likeness (QED) is 0.791. The Labute approximate surface area is 155 Å². The van der Waals surface area contributed by atoms with Crippen molar-refractivity contribution in [3.63, 3.8) is 0 Å². The number of ether oxygens (including phenoxy) is 1. The topological polar surface area (TPSA) is 72.5 Å². The summed E-state index contributed by atoms with van der Waals surface area (Å²) in [5.41, 5.74) is 8.29. The molecule has 2 fully saturated rings. The highest BCUT2D eigenvalue weighted by Crippen LogP contribution is 2.36. The first kappa shape index (κ1) is 19.2. The number of nitrogen functional groups attached to an aromatic ring is 1. The summed E-state index contributed by atoms with van der Waals surface area (Å²) in [6, 6.07) is 2.10. The van der Waals surface area contributed by atoms with Crippen LogP contribution in [0.3, 0.4) is 0 Å². The molecule has 2 heterocycles. The summed E-state index contributed by atoms with van der Waals surface area (Å²) in [6.45, 7) is 2.13. The average Bonchev–Trinajstić information content (AvgIpc) is 2.62. The molecule has 5 nitrogen and oxygen atoms in total. The van der Waals surface area contributed by atoms with E-state index in [-0.39, 0.29) is 16.7 Å². The second kappa shape index (κ2) is 9.35. The van der Waals surface area contributed by atoms with E-state index in [0.29, 0.717) is 23.8 Å². The van der Waals surface area contributed by atoms with Crippen LogP contribution in [0.2, 0.25) is 0 Å². The zero-order valence-corrected chi connectivity index (χ0v) is 15.2. The van der Waals surface area contributed by atoms with Gasteiger partial charge in [0.05, 0.1) is 6.10 Å². The number of rotatable bonds is 4. The van der Waals surface area contributed by atoms with Gasteiger partial charge in [-0.3, -0.25) is 4.99 Å². The Hall–Kier alpha value is -1.17. The summed E-state index contributed by atoms with van der Waals surface area (Å²) in [5.74, 6) is 1.63. The van der Waals surface area contributed by atoms with Crippen molar-refractivity contribution in [2.75, 3.05) is 25.9 Å². The maximum Gasteiger partial charge on any atom is 0.149 e. The first-order chi connectivity index (χ1) is 11.3. The van der Waals surface area contributed by atoms with Crippen LogP contribution in [-0.4, -0.2) is 37.5 Å². The first-order valence-electron chi connectivity index (χ1n) is 8.80. The van der Waals surface area contributed by atoms with E-state index in [1.54, 1.807) is 7.11 Å². The number of nitrogens with one attached hydrogen (secondary N) is 1. The Morgan fingerprint density at radius 3 is 2.62 bits per heavy atom. The van der Waals surface area contributed by atoms with Gasteiger partial charge in [-0.1, -0.05) is 0 Å². The summed E-state index contributed by atoms with van der Waals surface area (Å²) < 4.78 is 5.44. The fourth-order valence-electron chi connectivity index (χ4n) is 3.74. The fraction of sp³-hybridized carbons (Fsp3) is 0.667. The van der Waals surface area contributed by atoms with Crippen molar-refractivity contribution >= 4 is 30.1 Å². The van der Waals surface area contributed by atoms with Crippen molar-refractivity contribution in [1.82, 2.24) is 10.3 Å². The SMILES string of the molecule is COC1CCC(C=Nc2c(C3CCNCC3)ccnc2N)CC1.Cl.[HH].[HH].[HH]. The van der Waals surface area contributed by atoms with Gasteiger partial charge in [0.25, 0.3) is 0 Å². The van der Waals surface area contributed by atoms with Crippen LogP contribution in [0, 0.1) is 5.92 Å². The molecule has 0 unspecified atom stereocenters. The number of piperidine rings is 1. The molecule has 1 aliphatic carbocycles. The van der Waals surface area contributed by atoms with Gasteiger partial charge in [-0.05, 0) is 75.1 Å². The highest BCUT2D eigenvalue weighted by molar-refractivity contribution is 5.85. The van der Waals surface area contributed by atoms with Crippen LogP contribution in [0.15, 0.2) is 17.3 Å². The zero-order chi connectivity index (χ0) is 16.1. The fourth-order valence-corrected chi connectivity index (χ4v) is 3.74. The molecule has 3 N–H and O–H groups in total. The lowest BCUT2D eigenvalue weighted by molar-refractivity contribution is 0.0651. The van der Waals surface area contributed by atoms with E-state index in [1.165, 1.54) is 5.56 Å². The maximum absolute atomic E-state index is 6.13. The number of aliphatic imine (C=N–C) groups is 1. The van der Waals surface area contributed by atoms with E-state index in [2.05, 4.69) is 22.6 Å². The molecule has 2 aliphatic rings. The smallest absolute Gasteiger partial charge is 0.149 e. The monoisotopic (exact) mass is 358 g/mol. The van der Waals surface area contributed by atoms with Crippen LogP contribution in [0.1, 0.15) is 54.3 Å². The number of nitrogens with zero attached hydrogens (tertiary/aromatic N) is 2. The maximum atomic E-state index is 6.13. The molecule has 0 amide bonds. The number of halogens is 1. The highest BCUT2D eigenvalue weighted by Gasteiger charge is 2.21. The van der Waals surface area contributed by atoms with Gasteiger partial charge >= 0.3 is 0 Å². The highest BCUT2D eigenvalue weighted by atomic mass is 35.5. The molecule has 0 radical (unpaired) electrons. The molecule has 24 heavy (non-hydrogen) atoms. The molecule has 0 aromatic carbocycles. The molecule has 1 aromatic rings. The summed E-state index contributed by atoms with van der Waals surface area (Å²) in [7, 11) is 1.81. The van der Waals surface area contributed by atoms with E-state index in [4.69, 9.17) is 15.5 Å². The molecule has 3 rings (SSSR count). The first-order valence-corrected chi connectivity index (χ1v) is 8.80. The van der Waals surface area contributed by atoms with Gasteiger partial charge in [-0.25, -0.2) is 4.98 Å². The lowest BCUT2D eigenvalue weighted by Gasteiger charge is -2.26. The Balaban J connectivity index is 0. The van der Waals surface area contributed by atoms with Gasteiger partial charge < -0.3 is 15.8 Å². The minimum absolute atomic E-state index is 0. The third-order valence-electron chi connectivity index (χ3n) is 5.23. The molecular weight excluding hydrogens is 324 g/mol. The van der Waals surface area contributed by atoms with E-state index in [1.807, 2.05) is 6.20 Å². The van der Waals surface area contributed by atoms with Crippen LogP contribution >= 0.6 is 12.4 Å². The Bertz CT molecular complexity index is 551. The normalized spacial score (nSPS) is 25.5. The third kappa shape index (κ3) is 4.68. The average molecular weight is 359 g/mol. The van der Waals surface area contributed by atoms with Crippen molar-refractivity contribution in [3.8, 4) is 0 Å². The van der Waals surface area contributed by atoms with E-state index in [9.17, 15) is 0 Å². The summed E-state index contributed by atoms with van der Waals surface area (Å²) >= 11 is 0. The number of hydrogen-bond donors (Lipinski definition) is 2. The molecule has 140 valence electrons. The van der Waals surface area contributed by atoms with Crippen molar-refractivity contribution < 1.29 is 9.02 Å². The Morgan fingerprint density at radius 2 is 1.96 bits per heavy atom. The molecule has 1 saturated heterocycles. The second-order valence-corrected chi connectivity index (χ2v) is 6.71. The molecular formula is C18H35ClN4O. The summed E-state index contributed by atoms with van der Waals surface area (Å²) in [4.78, 5) is 9.03. The third-order valence-corrected chi connectivity index (χ3v) is 5.23. The molecule has 0 bridgehead atoms. The number of methoxy groups -OCH3 is 1. The molecule has 1 saturated carbocycles. The van der Waals surface area contributed by atoms with E-state index < -0.39 is 0 Å². The predicted octanol–water partition coefficient (Wildman–Crippen LogP) is 4.20.